The molecule has 1 fully saturated rings. The van der Waals surface area contributed by atoms with E-state index in [1.54, 1.807) is 0 Å². The Balaban J connectivity index is 2.01. The number of esters is 1. The van der Waals surface area contributed by atoms with Crippen molar-refractivity contribution in [3.05, 3.63) is 0 Å². The molecular formula is C14H26O5. The highest BCUT2D eigenvalue weighted by Crippen LogP contribution is 2.18. The zero-order valence-corrected chi connectivity index (χ0v) is 12.2. The first kappa shape index (κ1) is 16.4. The lowest BCUT2D eigenvalue weighted by atomic mass is 10.2. The zero-order chi connectivity index (χ0) is 14.1. The second-order valence-electron chi connectivity index (χ2n) is 5.10. The molecule has 0 aromatic carbocycles. The molecule has 0 spiro atoms. The van der Waals surface area contributed by atoms with E-state index in [0.29, 0.717) is 32.2 Å². The van der Waals surface area contributed by atoms with Crippen LogP contribution in [0.5, 0.6) is 0 Å². The fourth-order valence-corrected chi connectivity index (χ4v) is 1.67. The van der Waals surface area contributed by atoms with Gasteiger partial charge in [-0.25, -0.2) is 0 Å². The average molecular weight is 274 g/mol. The molecule has 0 aromatic heterocycles. The van der Waals surface area contributed by atoms with Crippen molar-refractivity contribution < 1.29 is 23.7 Å². The fourth-order valence-electron chi connectivity index (χ4n) is 1.67. The van der Waals surface area contributed by atoms with Gasteiger partial charge in [0.1, 0.15) is 12.7 Å². The minimum Gasteiger partial charge on any atom is -0.463 e. The maximum absolute atomic E-state index is 11.4. The van der Waals surface area contributed by atoms with Gasteiger partial charge < -0.3 is 18.9 Å². The smallest absolute Gasteiger partial charge is 0.308 e. The summed E-state index contributed by atoms with van der Waals surface area (Å²) in [5.41, 5.74) is 0. The van der Waals surface area contributed by atoms with Gasteiger partial charge in [0.25, 0.3) is 0 Å². The molecule has 1 heterocycles. The third kappa shape index (κ3) is 6.89. The molecule has 5 heteroatoms. The fraction of sp³-hybridized carbons (Fsp3) is 0.929. The molecule has 2 unspecified atom stereocenters. The molecule has 1 rings (SSSR count). The Kier molecular flexibility index (Phi) is 8.02. The van der Waals surface area contributed by atoms with Crippen molar-refractivity contribution in [2.24, 2.45) is 5.92 Å². The number of carbonyl (C=O) groups excluding carboxylic acids is 1. The second kappa shape index (κ2) is 9.28. The normalized spacial score (nSPS) is 22.9. The molecule has 0 bridgehead atoms. The molecule has 19 heavy (non-hydrogen) atoms. The van der Waals surface area contributed by atoms with E-state index in [1.165, 1.54) is 0 Å². The Hall–Kier alpha value is -0.650. The molecular weight excluding hydrogens is 248 g/mol. The second-order valence-corrected chi connectivity index (χ2v) is 5.10. The van der Waals surface area contributed by atoms with Crippen LogP contribution >= 0.6 is 0 Å². The van der Waals surface area contributed by atoms with Gasteiger partial charge in [-0.3, -0.25) is 4.79 Å². The summed E-state index contributed by atoms with van der Waals surface area (Å²) >= 11 is 0. The number of unbranched alkanes of at least 4 members (excludes halogenated alkanes) is 1. The third-order valence-corrected chi connectivity index (χ3v) is 2.84. The summed E-state index contributed by atoms with van der Waals surface area (Å²) in [6.45, 7) is 8.06. The minimum atomic E-state index is -0.243. The predicted molar refractivity (Wildman–Crippen MR) is 70.8 cm³/mol. The van der Waals surface area contributed by atoms with Crippen LogP contribution < -0.4 is 0 Å². The molecule has 112 valence electrons. The largest absolute Gasteiger partial charge is 0.463 e. The summed E-state index contributed by atoms with van der Waals surface area (Å²) in [5, 5.41) is 0. The predicted octanol–water partition coefficient (Wildman–Crippen LogP) is 2.13. The van der Waals surface area contributed by atoms with Crippen LogP contribution in [0.25, 0.3) is 0 Å². The van der Waals surface area contributed by atoms with Crippen LogP contribution in [-0.4, -0.2) is 44.8 Å². The molecule has 0 aliphatic carbocycles. The zero-order valence-electron chi connectivity index (χ0n) is 12.2. The molecule has 0 amide bonds. The molecule has 5 nitrogen and oxygen atoms in total. The monoisotopic (exact) mass is 274 g/mol. The summed E-state index contributed by atoms with van der Waals surface area (Å²) < 4.78 is 21.5. The number of ether oxygens (including phenoxy) is 4. The van der Waals surface area contributed by atoms with Crippen molar-refractivity contribution in [3.8, 4) is 0 Å². The van der Waals surface area contributed by atoms with Crippen molar-refractivity contribution in [1.29, 1.82) is 0 Å². The van der Waals surface area contributed by atoms with Gasteiger partial charge in [0.15, 0.2) is 6.29 Å². The third-order valence-electron chi connectivity index (χ3n) is 2.84. The summed E-state index contributed by atoms with van der Waals surface area (Å²) in [6, 6.07) is 0. The van der Waals surface area contributed by atoms with Gasteiger partial charge in [-0.2, -0.15) is 0 Å². The maximum Gasteiger partial charge on any atom is 0.308 e. The van der Waals surface area contributed by atoms with Crippen molar-refractivity contribution >= 4 is 5.97 Å². The Labute approximate surface area is 115 Å². The average Bonchev–Trinajstić information content (AvgIpc) is 2.85. The first-order chi connectivity index (χ1) is 9.13. The summed E-state index contributed by atoms with van der Waals surface area (Å²) in [5.74, 6) is 0.0702. The van der Waals surface area contributed by atoms with Gasteiger partial charge >= 0.3 is 5.97 Å². The minimum absolute atomic E-state index is 0.141. The van der Waals surface area contributed by atoms with E-state index in [2.05, 4.69) is 6.92 Å². The number of carbonyl (C=O) groups is 1. The first-order valence-electron chi connectivity index (χ1n) is 7.14. The summed E-state index contributed by atoms with van der Waals surface area (Å²) in [7, 11) is 0. The van der Waals surface area contributed by atoms with Gasteiger partial charge in [-0.15, -0.1) is 0 Å². The van der Waals surface area contributed by atoms with Crippen LogP contribution in [0.15, 0.2) is 0 Å². The Bertz CT molecular complexity index is 254. The Morgan fingerprint density at radius 2 is 2.16 bits per heavy atom. The lowest BCUT2D eigenvalue weighted by Gasteiger charge is -2.14. The lowest BCUT2D eigenvalue weighted by molar-refractivity contribution is -0.150. The van der Waals surface area contributed by atoms with Gasteiger partial charge in [-0.05, 0) is 6.42 Å². The van der Waals surface area contributed by atoms with Crippen LogP contribution in [0.4, 0.5) is 0 Å². The van der Waals surface area contributed by atoms with E-state index in [9.17, 15) is 4.79 Å². The molecule has 0 saturated carbocycles. The Morgan fingerprint density at radius 1 is 1.37 bits per heavy atom. The van der Waals surface area contributed by atoms with Crippen molar-refractivity contribution in [1.82, 2.24) is 0 Å². The van der Waals surface area contributed by atoms with E-state index in [-0.39, 0.29) is 25.0 Å². The molecule has 1 aliphatic rings. The lowest BCUT2D eigenvalue weighted by Crippen LogP contribution is -2.23. The highest BCUT2D eigenvalue weighted by molar-refractivity contribution is 5.69. The number of rotatable bonds is 9. The SMILES string of the molecule is CCCCOCCC(=O)OCC1COC(C(C)C)O1. The van der Waals surface area contributed by atoms with E-state index >= 15 is 0 Å². The van der Waals surface area contributed by atoms with Crippen LogP contribution in [0.2, 0.25) is 0 Å². The van der Waals surface area contributed by atoms with E-state index < -0.39 is 0 Å². The van der Waals surface area contributed by atoms with Gasteiger partial charge in [0.2, 0.25) is 0 Å². The van der Waals surface area contributed by atoms with Crippen LogP contribution in [0, 0.1) is 5.92 Å². The first-order valence-corrected chi connectivity index (χ1v) is 7.14. The molecule has 0 aromatic rings. The van der Waals surface area contributed by atoms with E-state index in [1.807, 2.05) is 13.8 Å². The number of hydrogen-bond donors (Lipinski definition) is 0. The van der Waals surface area contributed by atoms with Crippen LogP contribution in [-0.2, 0) is 23.7 Å². The standard InChI is InChI=1S/C14H26O5/c1-4-5-7-16-8-6-13(15)17-9-12-10-18-14(19-12)11(2)3/h11-12,14H,4-10H2,1-3H3. The maximum atomic E-state index is 11.4. The topological polar surface area (TPSA) is 54.0 Å². The summed E-state index contributed by atoms with van der Waals surface area (Å²) in [4.78, 5) is 11.4. The highest BCUT2D eigenvalue weighted by atomic mass is 16.7. The number of hydrogen-bond acceptors (Lipinski definition) is 5. The van der Waals surface area contributed by atoms with E-state index in [0.717, 1.165) is 12.8 Å². The van der Waals surface area contributed by atoms with Crippen molar-refractivity contribution in [3.63, 3.8) is 0 Å². The van der Waals surface area contributed by atoms with Crippen LogP contribution in [0.3, 0.4) is 0 Å². The van der Waals surface area contributed by atoms with Crippen molar-refractivity contribution in [2.45, 2.75) is 52.4 Å². The van der Waals surface area contributed by atoms with Gasteiger partial charge in [0, 0.05) is 12.5 Å². The molecule has 2 atom stereocenters. The quantitative estimate of drug-likeness (QED) is 0.476. The van der Waals surface area contributed by atoms with E-state index in [4.69, 9.17) is 18.9 Å². The molecule has 0 radical (unpaired) electrons. The van der Waals surface area contributed by atoms with Gasteiger partial charge in [-0.1, -0.05) is 27.2 Å². The van der Waals surface area contributed by atoms with Crippen LogP contribution in [0.1, 0.15) is 40.0 Å². The van der Waals surface area contributed by atoms with Gasteiger partial charge in [0.05, 0.1) is 19.6 Å². The Morgan fingerprint density at radius 3 is 2.79 bits per heavy atom. The molecule has 0 N–H and O–H groups in total. The molecule has 1 saturated heterocycles. The highest BCUT2D eigenvalue weighted by Gasteiger charge is 2.29. The molecule has 1 aliphatic heterocycles. The van der Waals surface area contributed by atoms with Crippen molar-refractivity contribution in [2.75, 3.05) is 26.4 Å². The summed E-state index contributed by atoms with van der Waals surface area (Å²) in [6.07, 6.45) is 2.10.